The van der Waals surface area contributed by atoms with Gasteiger partial charge in [-0.25, -0.2) is 23.5 Å². The molecular weight excluding hydrogens is 340 g/mol. The first-order valence-electron chi connectivity index (χ1n) is 8.00. The van der Waals surface area contributed by atoms with Gasteiger partial charge in [-0.15, -0.1) is 0 Å². The van der Waals surface area contributed by atoms with Crippen LogP contribution in [0.25, 0.3) is 0 Å². The quantitative estimate of drug-likeness (QED) is 0.833. The molecule has 3 rings (SSSR count). The Bertz CT molecular complexity index is 845. The van der Waals surface area contributed by atoms with Crippen molar-refractivity contribution in [2.24, 2.45) is 5.14 Å². The first-order chi connectivity index (χ1) is 11.8. The van der Waals surface area contributed by atoms with Gasteiger partial charge in [0.1, 0.15) is 17.5 Å². The molecule has 0 bridgehead atoms. The zero-order chi connectivity index (χ0) is 18.0. The van der Waals surface area contributed by atoms with E-state index in [1.807, 2.05) is 13.0 Å². The molecule has 1 aliphatic rings. The normalized spacial score (nSPS) is 16.0. The Balaban J connectivity index is 1.78. The summed E-state index contributed by atoms with van der Waals surface area (Å²) in [6, 6.07) is 8.16. The molecule has 9 heteroatoms. The number of aromatic nitrogens is 2. The summed E-state index contributed by atoms with van der Waals surface area (Å²) in [5.41, 5.74) is 0.731. The monoisotopic (exact) mass is 362 g/mol. The predicted molar refractivity (Wildman–Crippen MR) is 97.6 cm³/mol. The van der Waals surface area contributed by atoms with Gasteiger partial charge in [-0.3, -0.25) is 0 Å². The SMILES string of the molecule is Cc1nc(Nc2ccc(S(N)(=O)=O)cc2)cc(N2CCN(C)CC2)n1. The lowest BCUT2D eigenvalue weighted by molar-refractivity contribution is 0.312. The largest absolute Gasteiger partial charge is 0.354 e. The van der Waals surface area contributed by atoms with E-state index >= 15 is 0 Å². The van der Waals surface area contributed by atoms with Crippen LogP contribution in [0.1, 0.15) is 5.82 Å². The van der Waals surface area contributed by atoms with Crippen LogP contribution in [0, 0.1) is 6.92 Å². The van der Waals surface area contributed by atoms with E-state index in [-0.39, 0.29) is 4.90 Å². The minimum atomic E-state index is -3.69. The van der Waals surface area contributed by atoms with Crippen LogP contribution in [0.15, 0.2) is 35.2 Å². The maximum absolute atomic E-state index is 11.3. The maximum Gasteiger partial charge on any atom is 0.238 e. The molecule has 0 atom stereocenters. The second-order valence-electron chi connectivity index (χ2n) is 6.14. The minimum Gasteiger partial charge on any atom is -0.354 e. The Morgan fingerprint density at radius 1 is 1.08 bits per heavy atom. The molecule has 8 nitrogen and oxygen atoms in total. The third-order valence-corrected chi connectivity index (χ3v) is 5.04. The van der Waals surface area contributed by atoms with Crippen molar-refractivity contribution in [1.82, 2.24) is 14.9 Å². The molecule has 0 amide bonds. The van der Waals surface area contributed by atoms with Gasteiger partial charge in [0.2, 0.25) is 10.0 Å². The number of nitrogens with two attached hydrogens (primary N) is 1. The number of hydrogen-bond donors (Lipinski definition) is 2. The Morgan fingerprint density at radius 2 is 1.72 bits per heavy atom. The molecule has 2 heterocycles. The van der Waals surface area contributed by atoms with Crippen molar-refractivity contribution in [3.8, 4) is 0 Å². The van der Waals surface area contributed by atoms with Crippen LogP contribution >= 0.6 is 0 Å². The van der Waals surface area contributed by atoms with E-state index in [1.54, 1.807) is 12.1 Å². The topological polar surface area (TPSA) is 104 Å². The first-order valence-corrected chi connectivity index (χ1v) is 9.55. The van der Waals surface area contributed by atoms with Gasteiger partial charge in [0.15, 0.2) is 0 Å². The number of benzene rings is 1. The third-order valence-electron chi connectivity index (χ3n) is 4.11. The van der Waals surface area contributed by atoms with Crippen molar-refractivity contribution in [1.29, 1.82) is 0 Å². The highest BCUT2D eigenvalue weighted by Gasteiger charge is 2.16. The number of anilines is 3. The fraction of sp³-hybridized carbons (Fsp3) is 0.375. The summed E-state index contributed by atoms with van der Waals surface area (Å²) < 4.78 is 22.6. The Hall–Kier alpha value is -2.23. The number of rotatable bonds is 4. The zero-order valence-electron chi connectivity index (χ0n) is 14.3. The molecule has 0 radical (unpaired) electrons. The average Bonchev–Trinajstić information content (AvgIpc) is 2.54. The van der Waals surface area contributed by atoms with E-state index < -0.39 is 10.0 Å². The molecule has 2 aromatic rings. The second kappa shape index (κ2) is 6.95. The van der Waals surface area contributed by atoms with Crippen molar-refractivity contribution in [2.45, 2.75) is 11.8 Å². The molecule has 1 saturated heterocycles. The number of piperazine rings is 1. The third kappa shape index (κ3) is 4.44. The van der Waals surface area contributed by atoms with Crippen LogP contribution in [0.4, 0.5) is 17.3 Å². The van der Waals surface area contributed by atoms with Gasteiger partial charge in [0.25, 0.3) is 0 Å². The standard InChI is InChI=1S/C16H22N6O2S/c1-12-18-15(11-16(19-12)22-9-7-21(2)8-10-22)20-13-3-5-14(6-4-13)25(17,23)24/h3-6,11H,7-10H2,1-2H3,(H2,17,23,24)(H,18,19,20). The summed E-state index contributed by atoms with van der Waals surface area (Å²) >= 11 is 0. The highest BCUT2D eigenvalue weighted by atomic mass is 32.2. The smallest absolute Gasteiger partial charge is 0.238 e. The summed E-state index contributed by atoms with van der Waals surface area (Å²) in [4.78, 5) is 13.5. The summed E-state index contributed by atoms with van der Waals surface area (Å²) in [5.74, 6) is 2.24. The van der Waals surface area contributed by atoms with Gasteiger partial charge >= 0.3 is 0 Å². The Morgan fingerprint density at radius 3 is 2.32 bits per heavy atom. The van der Waals surface area contributed by atoms with E-state index in [1.165, 1.54) is 12.1 Å². The predicted octanol–water partition coefficient (Wildman–Crippen LogP) is 0.928. The maximum atomic E-state index is 11.3. The summed E-state index contributed by atoms with van der Waals surface area (Å²) in [5, 5.41) is 8.30. The Labute approximate surface area is 147 Å². The molecule has 0 unspecified atom stereocenters. The van der Waals surface area contributed by atoms with Crippen molar-refractivity contribution in [3.05, 3.63) is 36.2 Å². The highest BCUT2D eigenvalue weighted by molar-refractivity contribution is 7.89. The van der Waals surface area contributed by atoms with E-state index in [0.29, 0.717) is 11.6 Å². The fourth-order valence-corrected chi connectivity index (χ4v) is 3.20. The summed E-state index contributed by atoms with van der Waals surface area (Å²) in [7, 11) is -1.58. The molecular formula is C16H22N6O2S. The lowest BCUT2D eigenvalue weighted by Crippen LogP contribution is -2.44. The summed E-state index contributed by atoms with van der Waals surface area (Å²) in [6.45, 7) is 5.71. The van der Waals surface area contributed by atoms with Crippen LogP contribution in [-0.4, -0.2) is 56.5 Å². The van der Waals surface area contributed by atoms with Crippen LogP contribution < -0.4 is 15.4 Å². The van der Waals surface area contributed by atoms with Crippen molar-refractivity contribution < 1.29 is 8.42 Å². The molecule has 25 heavy (non-hydrogen) atoms. The Kier molecular flexibility index (Phi) is 4.89. The van der Waals surface area contributed by atoms with Crippen molar-refractivity contribution in [3.63, 3.8) is 0 Å². The van der Waals surface area contributed by atoms with Crippen LogP contribution in [0.5, 0.6) is 0 Å². The van der Waals surface area contributed by atoms with Crippen molar-refractivity contribution >= 4 is 27.3 Å². The molecule has 1 aromatic heterocycles. The fourth-order valence-electron chi connectivity index (χ4n) is 2.69. The van der Waals surface area contributed by atoms with Crippen LogP contribution in [0.3, 0.4) is 0 Å². The molecule has 0 saturated carbocycles. The van der Waals surface area contributed by atoms with Gasteiger partial charge in [0, 0.05) is 37.9 Å². The van der Waals surface area contributed by atoms with E-state index in [4.69, 9.17) is 5.14 Å². The molecule has 1 aromatic carbocycles. The van der Waals surface area contributed by atoms with Crippen LogP contribution in [-0.2, 0) is 10.0 Å². The van der Waals surface area contributed by atoms with E-state index in [2.05, 4.69) is 32.1 Å². The number of nitrogens with zero attached hydrogens (tertiary/aromatic N) is 4. The first kappa shape index (κ1) is 17.6. The molecule has 0 spiro atoms. The molecule has 0 aliphatic carbocycles. The lowest BCUT2D eigenvalue weighted by atomic mass is 10.3. The number of hydrogen-bond acceptors (Lipinski definition) is 7. The molecule has 134 valence electrons. The van der Waals surface area contributed by atoms with Crippen molar-refractivity contribution in [2.75, 3.05) is 43.4 Å². The van der Waals surface area contributed by atoms with Gasteiger partial charge in [-0.05, 0) is 38.2 Å². The second-order valence-corrected chi connectivity index (χ2v) is 7.70. The van der Waals surface area contributed by atoms with Gasteiger partial charge in [-0.2, -0.15) is 0 Å². The molecule has 3 N–H and O–H groups in total. The van der Waals surface area contributed by atoms with Crippen LogP contribution in [0.2, 0.25) is 0 Å². The summed E-state index contributed by atoms with van der Waals surface area (Å²) in [6.07, 6.45) is 0. The number of likely N-dealkylation sites (N-methyl/N-ethyl adjacent to an activating group) is 1. The number of sulfonamides is 1. The molecule has 1 fully saturated rings. The van der Waals surface area contributed by atoms with Gasteiger partial charge < -0.3 is 15.1 Å². The van der Waals surface area contributed by atoms with E-state index in [0.717, 1.165) is 37.7 Å². The number of aryl methyl sites for hydroxylation is 1. The van der Waals surface area contributed by atoms with E-state index in [9.17, 15) is 8.42 Å². The number of primary sulfonamides is 1. The van der Waals surface area contributed by atoms with Gasteiger partial charge in [-0.1, -0.05) is 0 Å². The lowest BCUT2D eigenvalue weighted by Gasteiger charge is -2.33. The number of nitrogens with one attached hydrogen (secondary N) is 1. The minimum absolute atomic E-state index is 0.0787. The van der Waals surface area contributed by atoms with Gasteiger partial charge in [0.05, 0.1) is 4.90 Å². The highest BCUT2D eigenvalue weighted by Crippen LogP contribution is 2.21. The molecule has 1 aliphatic heterocycles. The zero-order valence-corrected chi connectivity index (χ0v) is 15.1. The average molecular weight is 362 g/mol.